The third kappa shape index (κ3) is 4.72. The molecule has 0 fully saturated rings. The monoisotopic (exact) mass is 247 g/mol. The van der Waals surface area contributed by atoms with Crippen molar-refractivity contribution >= 4 is 5.91 Å². The lowest BCUT2D eigenvalue weighted by atomic mass is 10.1. The molecular weight excluding hydrogens is 226 g/mol. The highest BCUT2D eigenvalue weighted by molar-refractivity contribution is 5.88. The highest BCUT2D eigenvalue weighted by Gasteiger charge is 2.07. The zero-order valence-electron chi connectivity index (χ0n) is 11.0. The average molecular weight is 247 g/mol. The minimum atomic E-state index is -0.149. The van der Waals surface area contributed by atoms with Crippen LogP contribution < -0.4 is 5.32 Å². The molecule has 3 heteroatoms. The molecule has 0 saturated heterocycles. The fourth-order valence-electron chi connectivity index (χ4n) is 1.78. The minimum Gasteiger partial charge on any atom is -0.392 e. The number of carbonyl (C=O) groups is 1. The lowest BCUT2D eigenvalue weighted by Gasteiger charge is -2.13. The van der Waals surface area contributed by atoms with Crippen LogP contribution >= 0.6 is 0 Å². The molecule has 0 aliphatic carbocycles. The van der Waals surface area contributed by atoms with E-state index in [9.17, 15) is 4.79 Å². The van der Waals surface area contributed by atoms with Crippen molar-refractivity contribution in [1.29, 1.82) is 0 Å². The molecule has 0 unspecified atom stereocenters. The Hall–Kier alpha value is -1.61. The quantitative estimate of drug-likeness (QED) is 0.759. The number of amides is 1. The summed E-state index contributed by atoms with van der Waals surface area (Å²) in [6, 6.07) is 9.77. The van der Waals surface area contributed by atoms with E-state index in [0.29, 0.717) is 0 Å². The number of nitrogens with one attached hydrogen (secondary N) is 1. The van der Waals surface area contributed by atoms with Gasteiger partial charge in [0.15, 0.2) is 0 Å². The molecule has 18 heavy (non-hydrogen) atoms. The van der Waals surface area contributed by atoms with Crippen LogP contribution in [0.2, 0.25) is 0 Å². The molecule has 1 aromatic rings. The van der Waals surface area contributed by atoms with Crippen molar-refractivity contribution < 1.29 is 9.90 Å². The predicted octanol–water partition coefficient (Wildman–Crippen LogP) is 2.58. The smallest absolute Gasteiger partial charge is 0.244 e. The van der Waals surface area contributed by atoms with Crippen LogP contribution in [0.3, 0.4) is 0 Å². The molecule has 1 aromatic carbocycles. The van der Waals surface area contributed by atoms with E-state index in [0.717, 1.165) is 24.0 Å². The van der Waals surface area contributed by atoms with Gasteiger partial charge in [0.25, 0.3) is 0 Å². The molecule has 1 amide bonds. The molecular formula is C15H21NO2. The highest BCUT2D eigenvalue weighted by Crippen LogP contribution is 2.11. The Morgan fingerprint density at radius 3 is 2.61 bits per heavy atom. The Morgan fingerprint density at radius 1 is 1.39 bits per heavy atom. The zero-order valence-corrected chi connectivity index (χ0v) is 11.0. The molecule has 0 aliphatic heterocycles. The maximum Gasteiger partial charge on any atom is 0.244 e. The van der Waals surface area contributed by atoms with E-state index in [2.05, 4.69) is 5.32 Å². The number of hydrogen-bond acceptors (Lipinski definition) is 2. The number of benzene rings is 1. The van der Waals surface area contributed by atoms with Crippen LogP contribution in [0.4, 0.5) is 0 Å². The van der Waals surface area contributed by atoms with Gasteiger partial charge in [-0.1, -0.05) is 43.7 Å². The number of hydrogen-bond donors (Lipinski definition) is 2. The predicted molar refractivity (Wildman–Crippen MR) is 73.1 cm³/mol. The Balaban J connectivity index is 2.59. The van der Waals surface area contributed by atoms with Crippen molar-refractivity contribution in [2.24, 2.45) is 0 Å². The van der Waals surface area contributed by atoms with Crippen molar-refractivity contribution in [1.82, 2.24) is 5.32 Å². The summed E-state index contributed by atoms with van der Waals surface area (Å²) in [5, 5.41) is 12.0. The van der Waals surface area contributed by atoms with E-state index in [1.165, 1.54) is 6.08 Å². The highest BCUT2D eigenvalue weighted by atomic mass is 16.3. The van der Waals surface area contributed by atoms with Crippen molar-refractivity contribution in [3.05, 3.63) is 47.5 Å². The summed E-state index contributed by atoms with van der Waals surface area (Å²) in [4.78, 5) is 11.8. The first-order valence-corrected chi connectivity index (χ1v) is 6.33. The third-order valence-electron chi connectivity index (χ3n) is 2.77. The van der Waals surface area contributed by atoms with E-state index in [4.69, 9.17) is 5.11 Å². The van der Waals surface area contributed by atoms with Crippen molar-refractivity contribution in [3.8, 4) is 0 Å². The van der Waals surface area contributed by atoms with Crippen molar-refractivity contribution in [2.45, 2.75) is 32.7 Å². The van der Waals surface area contributed by atoms with Crippen LogP contribution in [0, 0.1) is 0 Å². The van der Waals surface area contributed by atoms with Crippen molar-refractivity contribution in [2.75, 3.05) is 6.61 Å². The van der Waals surface area contributed by atoms with E-state index < -0.39 is 0 Å². The largest absolute Gasteiger partial charge is 0.392 e. The van der Waals surface area contributed by atoms with Crippen LogP contribution in [0.1, 0.15) is 38.3 Å². The Labute approximate surface area is 109 Å². The van der Waals surface area contributed by atoms with Gasteiger partial charge in [-0.25, -0.2) is 0 Å². The zero-order chi connectivity index (χ0) is 13.4. The second-order valence-corrected chi connectivity index (χ2v) is 4.35. The number of carbonyl (C=O) groups excluding carboxylic acids is 1. The van der Waals surface area contributed by atoms with Crippen LogP contribution in [0.5, 0.6) is 0 Å². The SMILES string of the molecule is CCC/C(=C/C(=O)N[C@@H](C)c1ccccc1)CO. The van der Waals surface area contributed by atoms with Gasteiger partial charge in [0.2, 0.25) is 5.91 Å². The molecule has 0 aliphatic rings. The van der Waals surface area contributed by atoms with E-state index in [-0.39, 0.29) is 18.6 Å². The Kier molecular flexibility index (Phi) is 6.15. The molecule has 98 valence electrons. The lowest BCUT2D eigenvalue weighted by Crippen LogP contribution is -2.25. The second kappa shape index (κ2) is 7.67. The van der Waals surface area contributed by atoms with Crippen LogP contribution in [0.25, 0.3) is 0 Å². The topological polar surface area (TPSA) is 49.3 Å². The van der Waals surface area contributed by atoms with Gasteiger partial charge in [0.1, 0.15) is 0 Å². The van der Waals surface area contributed by atoms with E-state index in [1.54, 1.807) is 0 Å². The molecule has 0 spiro atoms. The summed E-state index contributed by atoms with van der Waals surface area (Å²) >= 11 is 0. The molecule has 0 radical (unpaired) electrons. The molecule has 0 aromatic heterocycles. The molecule has 1 atom stereocenters. The van der Waals surface area contributed by atoms with Gasteiger partial charge in [-0.15, -0.1) is 0 Å². The van der Waals surface area contributed by atoms with Gasteiger partial charge in [0.05, 0.1) is 12.6 Å². The number of aliphatic hydroxyl groups excluding tert-OH is 1. The molecule has 0 bridgehead atoms. The maximum atomic E-state index is 11.8. The number of rotatable bonds is 6. The first-order chi connectivity index (χ1) is 8.67. The van der Waals surface area contributed by atoms with Gasteiger partial charge in [-0.2, -0.15) is 0 Å². The van der Waals surface area contributed by atoms with Gasteiger partial charge < -0.3 is 10.4 Å². The van der Waals surface area contributed by atoms with Crippen LogP contribution in [0.15, 0.2) is 42.0 Å². The van der Waals surface area contributed by atoms with Crippen molar-refractivity contribution in [3.63, 3.8) is 0 Å². The van der Waals surface area contributed by atoms with Crippen LogP contribution in [-0.2, 0) is 4.79 Å². The standard InChI is InChI=1S/C15H21NO2/c1-3-7-13(11-17)10-15(18)16-12(2)14-8-5-4-6-9-14/h4-6,8-10,12,17H,3,7,11H2,1-2H3,(H,16,18)/b13-10-/t12-/m0/s1. The van der Waals surface area contributed by atoms with Gasteiger partial charge >= 0.3 is 0 Å². The molecule has 0 saturated carbocycles. The fourth-order valence-corrected chi connectivity index (χ4v) is 1.78. The summed E-state index contributed by atoms with van der Waals surface area (Å²) in [6.45, 7) is 3.91. The van der Waals surface area contributed by atoms with Gasteiger partial charge in [-0.05, 0) is 24.5 Å². The Bertz CT molecular complexity index is 398. The minimum absolute atomic E-state index is 0.0310. The summed E-state index contributed by atoms with van der Waals surface area (Å²) in [6.07, 6.45) is 3.18. The fraction of sp³-hybridized carbons (Fsp3) is 0.400. The third-order valence-corrected chi connectivity index (χ3v) is 2.77. The first kappa shape index (κ1) is 14.5. The summed E-state index contributed by atoms with van der Waals surface area (Å²) in [5.74, 6) is -0.149. The first-order valence-electron chi connectivity index (χ1n) is 6.33. The summed E-state index contributed by atoms with van der Waals surface area (Å²) in [5.41, 5.74) is 1.84. The lowest BCUT2D eigenvalue weighted by molar-refractivity contribution is -0.117. The number of aliphatic hydroxyl groups is 1. The summed E-state index contributed by atoms with van der Waals surface area (Å²) < 4.78 is 0. The average Bonchev–Trinajstić information content (AvgIpc) is 2.39. The second-order valence-electron chi connectivity index (χ2n) is 4.35. The van der Waals surface area contributed by atoms with E-state index >= 15 is 0 Å². The molecule has 1 rings (SSSR count). The summed E-state index contributed by atoms with van der Waals surface area (Å²) in [7, 11) is 0. The maximum absolute atomic E-state index is 11.8. The molecule has 0 heterocycles. The molecule has 2 N–H and O–H groups in total. The molecule has 3 nitrogen and oxygen atoms in total. The normalized spacial score (nSPS) is 13.2. The van der Waals surface area contributed by atoms with Gasteiger partial charge in [0, 0.05) is 6.08 Å². The Morgan fingerprint density at radius 2 is 2.06 bits per heavy atom. The van der Waals surface area contributed by atoms with E-state index in [1.807, 2.05) is 44.2 Å². The van der Waals surface area contributed by atoms with Crippen LogP contribution in [-0.4, -0.2) is 17.6 Å². The van der Waals surface area contributed by atoms with Gasteiger partial charge in [-0.3, -0.25) is 4.79 Å².